The van der Waals surface area contributed by atoms with Gasteiger partial charge in [0.05, 0.1) is 20.8 Å². The van der Waals surface area contributed by atoms with Gasteiger partial charge in [-0.25, -0.2) is 8.42 Å². The van der Waals surface area contributed by atoms with E-state index in [0.29, 0.717) is 17.4 Å². The molecule has 1 saturated carbocycles. The van der Waals surface area contributed by atoms with Gasteiger partial charge in [0.15, 0.2) is 0 Å². The van der Waals surface area contributed by atoms with E-state index in [4.69, 9.17) is 9.47 Å². The Hall–Kier alpha value is -3.27. The normalized spacial score (nSPS) is 17.4. The monoisotopic (exact) mass is 447 g/mol. The summed E-state index contributed by atoms with van der Waals surface area (Å²) < 4.78 is 38.5. The molecule has 2 amide bonds. The molecule has 1 fully saturated rings. The molecule has 2 aromatic carbocycles. The lowest BCUT2D eigenvalue weighted by atomic mass is 10.3. The third-order valence-electron chi connectivity index (χ3n) is 4.95. The highest BCUT2D eigenvalue weighted by Crippen LogP contribution is 2.37. The molecular weight excluding hydrogens is 422 g/mol. The first-order valence-electron chi connectivity index (χ1n) is 9.66. The first kappa shape index (κ1) is 22.4. The molecule has 3 N–H and O–H groups in total. The molecule has 0 aliphatic heterocycles. The van der Waals surface area contributed by atoms with Crippen LogP contribution in [0, 0.1) is 11.8 Å². The van der Waals surface area contributed by atoms with Gasteiger partial charge in [-0.3, -0.25) is 14.3 Å². The summed E-state index contributed by atoms with van der Waals surface area (Å²) >= 11 is 0. The Balaban J connectivity index is 1.71. The molecule has 0 radical (unpaired) electrons. The number of benzene rings is 2. The number of amides is 2. The van der Waals surface area contributed by atoms with Gasteiger partial charge in [0, 0.05) is 17.3 Å². The molecule has 1 aliphatic carbocycles. The van der Waals surface area contributed by atoms with Crippen molar-refractivity contribution in [3.8, 4) is 11.5 Å². The van der Waals surface area contributed by atoms with Crippen LogP contribution in [-0.2, 0) is 19.6 Å². The topological polar surface area (TPSA) is 123 Å². The first-order valence-corrected chi connectivity index (χ1v) is 11.1. The highest BCUT2D eigenvalue weighted by atomic mass is 32.2. The molecule has 0 heterocycles. The summed E-state index contributed by atoms with van der Waals surface area (Å²) in [4.78, 5) is 23.9. The summed E-state index contributed by atoms with van der Waals surface area (Å²) in [5, 5.41) is 5.18. The van der Waals surface area contributed by atoms with Crippen LogP contribution in [0.5, 0.6) is 11.5 Å². The molecule has 0 spiro atoms. The highest BCUT2D eigenvalue weighted by Gasteiger charge is 2.39. The van der Waals surface area contributed by atoms with Gasteiger partial charge < -0.3 is 20.1 Å². The Morgan fingerprint density at radius 2 is 1.68 bits per heavy atom. The van der Waals surface area contributed by atoms with Crippen LogP contribution in [0.2, 0.25) is 0 Å². The van der Waals surface area contributed by atoms with Gasteiger partial charge in [0.25, 0.3) is 10.0 Å². The van der Waals surface area contributed by atoms with E-state index < -0.39 is 15.9 Å². The molecule has 0 saturated heterocycles. The third-order valence-corrected chi connectivity index (χ3v) is 6.35. The number of sulfonamides is 1. The summed E-state index contributed by atoms with van der Waals surface area (Å²) in [6.07, 6.45) is 0.828. The summed E-state index contributed by atoms with van der Waals surface area (Å²) in [6.45, 7) is 1.78. The largest absolute Gasteiger partial charge is 0.497 e. The van der Waals surface area contributed by atoms with Crippen molar-refractivity contribution in [2.75, 3.05) is 30.8 Å². The van der Waals surface area contributed by atoms with Crippen LogP contribution in [0.1, 0.15) is 13.3 Å². The quantitative estimate of drug-likeness (QED) is 0.542. The molecule has 166 valence electrons. The fourth-order valence-corrected chi connectivity index (χ4v) is 4.28. The minimum atomic E-state index is -4.01. The minimum Gasteiger partial charge on any atom is -0.497 e. The summed E-state index contributed by atoms with van der Waals surface area (Å²) in [5.74, 6) is 0.413. The SMILES string of the molecule is COc1ccc(NS(=O)(=O)c2cc(NC(=O)CNC(=O)[C@H]3C[C@H]3C)ccc2OC)cc1. The van der Waals surface area contributed by atoms with Crippen LogP contribution in [0.4, 0.5) is 11.4 Å². The average molecular weight is 448 g/mol. The minimum absolute atomic E-state index is 0.0328. The van der Waals surface area contributed by atoms with Crippen LogP contribution in [0.3, 0.4) is 0 Å². The fraction of sp³-hybridized carbons (Fsp3) is 0.333. The number of rotatable bonds is 9. The Bertz CT molecular complexity index is 1070. The molecule has 10 heteroatoms. The summed E-state index contributed by atoms with van der Waals surface area (Å²) in [5.41, 5.74) is 0.601. The zero-order chi connectivity index (χ0) is 22.6. The zero-order valence-corrected chi connectivity index (χ0v) is 18.3. The molecule has 0 bridgehead atoms. The van der Waals surface area contributed by atoms with Crippen molar-refractivity contribution in [3.05, 3.63) is 42.5 Å². The van der Waals surface area contributed by atoms with Crippen molar-refractivity contribution in [2.24, 2.45) is 11.8 Å². The van der Waals surface area contributed by atoms with E-state index in [1.54, 1.807) is 24.3 Å². The van der Waals surface area contributed by atoms with Gasteiger partial charge in [-0.05, 0) is 54.8 Å². The van der Waals surface area contributed by atoms with E-state index in [1.807, 2.05) is 6.92 Å². The van der Waals surface area contributed by atoms with Crippen LogP contribution in [0.15, 0.2) is 47.4 Å². The van der Waals surface area contributed by atoms with Crippen molar-refractivity contribution in [1.82, 2.24) is 5.32 Å². The van der Waals surface area contributed by atoms with E-state index in [0.717, 1.165) is 6.42 Å². The maximum absolute atomic E-state index is 12.9. The second-order valence-corrected chi connectivity index (χ2v) is 8.94. The van der Waals surface area contributed by atoms with Crippen molar-refractivity contribution in [1.29, 1.82) is 0 Å². The summed E-state index contributed by atoms with van der Waals surface area (Å²) in [6, 6.07) is 10.7. The van der Waals surface area contributed by atoms with Crippen LogP contribution >= 0.6 is 0 Å². The van der Waals surface area contributed by atoms with Gasteiger partial charge in [-0.1, -0.05) is 6.92 Å². The average Bonchev–Trinajstić information content (AvgIpc) is 3.49. The van der Waals surface area contributed by atoms with Gasteiger partial charge in [-0.2, -0.15) is 0 Å². The maximum atomic E-state index is 12.9. The maximum Gasteiger partial charge on any atom is 0.265 e. The lowest BCUT2D eigenvalue weighted by Gasteiger charge is -2.14. The van der Waals surface area contributed by atoms with Crippen molar-refractivity contribution in [3.63, 3.8) is 0 Å². The van der Waals surface area contributed by atoms with Gasteiger partial charge in [0.2, 0.25) is 11.8 Å². The highest BCUT2D eigenvalue weighted by molar-refractivity contribution is 7.92. The zero-order valence-electron chi connectivity index (χ0n) is 17.5. The van der Waals surface area contributed by atoms with Crippen LogP contribution in [-0.4, -0.2) is 41.0 Å². The number of ether oxygens (including phenoxy) is 2. The third kappa shape index (κ3) is 5.66. The molecule has 2 atom stereocenters. The molecule has 0 aromatic heterocycles. The smallest absolute Gasteiger partial charge is 0.265 e. The van der Waals surface area contributed by atoms with E-state index in [1.165, 1.54) is 32.4 Å². The van der Waals surface area contributed by atoms with Gasteiger partial charge in [0.1, 0.15) is 16.4 Å². The Morgan fingerprint density at radius 1 is 1.03 bits per heavy atom. The molecule has 9 nitrogen and oxygen atoms in total. The van der Waals surface area contributed by atoms with E-state index >= 15 is 0 Å². The number of carbonyl (C=O) groups is 2. The van der Waals surface area contributed by atoms with Gasteiger partial charge >= 0.3 is 0 Å². The van der Waals surface area contributed by atoms with Crippen molar-refractivity contribution >= 4 is 33.2 Å². The number of anilines is 2. The Kier molecular flexibility index (Phi) is 6.69. The lowest BCUT2D eigenvalue weighted by molar-refractivity contribution is -0.125. The Labute approximate surface area is 181 Å². The standard InChI is InChI=1S/C21H25N3O6S/c1-13-10-17(13)21(26)22-12-20(25)23-15-6-9-18(30-3)19(11-15)31(27,28)24-14-4-7-16(29-2)8-5-14/h4-9,11,13,17,24H,10,12H2,1-3H3,(H,22,26)(H,23,25)/t13-,17+/m1/s1. The van der Waals surface area contributed by atoms with Crippen LogP contribution < -0.4 is 24.8 Å². The molecule has 2 aromatic rings. The predicted molar refractivity (Wildman–Crippen MR) is 116 cm³/mol. The molecular formula is C21H25N3O6S. The fourth-order valence-electron chi connectivity index (χ4n) is 3.02. The molecule has 31 heavy (non-hydrogen) atoms. The molecule has 3 rings (SSSR count). The number of hydrogen-bond donors (Lipinski definition) is 3. The summed E-state index contributed by atoms with van der Waals surface area (Å²) in [7, 11) is -1.13. The number of carbonyl (C=O) groups excluding carboxylic acids is 2. The van der Waals surface area contributed by atoms with Crippen molar-refractivity contribution < 1.29 is 27.5 Å². The van der Waals surface area contributed by atoms with E-state index in [-0.39, 0.29) is 34.7 Å². The van der Waals surface area contributed by atoms with Gasteiger partial charge in [-0.15, -0.1) is 0 Å². The lowest BCUT2D eigenvalue weighted by Crippen LogP contribution is -2.34. The van der Waals surface area contributed by atoms with Crippen molar-refractivity contribution in [2.45, 2.75) is 18.2 Å². The molecule has 1 aliphatic rings. The number of hydrogen-bond acceptors (Lipinski definition) is 6. The number of nitrogens with one attached hydrogen (secondary N) is 3. The predicted octanol–water partition coefficient (Wildman–Crippen LogP) is 2.22. The van der Waals surface area contributed by atoms with E-state index in [9.17, 15) is 18.0 Å². The second kappa shape index (κ2) is 9.25. The van der Waals surface area contributed by atoms with Crippen LogP contribution in [0.25, 0.3) is 0 Å². The number of methoxy groups -OCH3 is 2. The van der Waals surface area contributed by atoms with E-state index in [2.05, 4.69) is 15.4 Å². The molecule has 0 unspecified atom stereocenters. The Morgan fingerprint density at radius 3 is 2.26 bits per heavy atom. The first-order chi connectivity index (χ1) is 14.7. The second-order valence-electron chi connectivity index (χ2n) is 7.29.